The number of amides is 1. The van der Waals surface area contributed by atoms with Crippen molar-refractivity contribution in [2.45, 2.75) is 46.2 Å². The highest BCUT2D eigenvalue weighted by Crippen LogP contribution is 2.52. The maximum Gasteiger partial charge on any atom is 0.224 e. The fourth-order valence-electron chi connectivity index (χ4n) is 3.55. The minimum Gasteiger partial charge on any atom is -0.352 e. The van der Waals surface area contributed by atoms with E-state index in [4.69, 9.17) is 5.73 Å². The summed E-state index contributed by atoms with van der Waals surface area (Å²) in [7, 11) is 0. The molecule has 0 radical (unpaired) electrons. The summed E-state index contributed by atoms with van der Waals surface area (Å²) < 4.78 is 0. The van der Waals surface area contributed by atoms with Gasteiger partial charge in [-0.05, 0) is 12.2 Å². The van der Waals surface area contributed by atoms with Crippen LogP contribution in [0.3, 0.4) is 0 Å². The second-order valence-corrected chi connectivity index (χ2v) is 7.77. The standard InChI is InChI=1S/C13H24N2OS/c1-12(2)10(14)13(3,4)11(12)15-9(16)8-5-6-17-7-8/h8,10-11H,5-7,14H2,1-4H3,(H,15,16). The Morgan fingerprint density at radius 1 is 1.29 bits per heavy atom. The van der Waals surface area contributed by atoms with Crippen LogP contribution in [0.2, 0.25) is 0 Å². The van der Waals surface area contributed by atoms with Crippen molar-refractivity contribution in [3.8, 4) is 0 Å². The fourth-order valence-corrected chi connectivity index (χ4v) is 4.77. The minimum absolute atomic E-state index is 0.00487. The highest BCUT2D eigenvalue weighted by atomic mass is 32.2. The van der Waals surface area contributed by atoms with Crippen molar-refractivity contribution in [2.75, 3.05) is 11.5 Å². The normalized spacial score (nSPS) is 38.5. The number of nitrogens with one attached hydrogen (secondary N) is 1. The molecule has 0 aromatic carbocycles. The zero-order chi connectivity index (χ0) is 12.8. The second kappa shape index (κ2) is 4.16. The lowest BCUT2D eigenvalue weighted by Gasteiger charge is -2.63. The molecule has 2 rings (SSSR count). The number of hydrogen-bond acceptors (Lipinski definition) is 3. The number of thioether (sulfide) groups is 1. The van der Waals surface area contributed by atoms with E-state index in [9.17, 15) is 4.79 Å². The smallest absolute Gasteiger partial charge is 0.224 e. The van der Waals surface area contributed by atoms with Crippen LogP contribution in [0.25, 0.3) is 0 Å². The SMILES string of the molecule is CC1(C)C(N)C(C)(C)C1NC(=O)C1CCSC1. The van der Waals surface area contributed by atoms with Crippen LogP contribution in [0.15, 0.2) is 0 Å². The molecule has 1 unspecified atom stereocenters. The van der Waals surface area contributed by atoms with Crippen LogP contribution in [0.5, 0.6) is 0 Å². The Morgan fingerprint density at radius 3 is 2.35 bits per heavy atom. The van der Waals surface area contributed by atoms with Crippen molar-refractivity contribution in [3.63, 3.8) is 0 Å². The molecule has 1 aliphatic carbocycles. The van der Waals surface area contributed by atoms with Gasteiger partial charge in [-0.15, -0.1) is 0 Å². The van der Waals surface area contributed by atoms with Gasteiger partial charge in [0, 0.05) is 34.6 Å². The van der Waals surface area contributed by atoms with Gasteiger partial charge >= 0.3 is 0 Å². The van der Waals surface area contributed by atoms with Gasteiger partial charge in [0.05, 0.1) is 0 Å². The van der Waals surface area contributed by atoms with E-state index < -0.39 is 0 Å². The molecule has 1 aliphatic heterocycles. The quantitative estimate of drug-likeness (QED) is 0.789. The van der Waals surface area contributed by atoms with E-state index in [1.165, 1.54) is 0 Å². The van der Waals surface area contributed by atoms with Crippen molar-refractivity contribution in [1.82, 2.24) is 5.32 Å². The van der Waals surface area contributed by atoms with Crippen molar-refractivity contribution in [1.29, 1.82) is 0 Å². The third kappa shape index (κ3) is 1.99. The molecule has 2 aliphatic rings. The molecule has 0 aromatic rings. The van der Waals surface area contributed by atoms with Crippen LogP contribution >= 0.6 is 11.8 Å². The van der Waals surface area contributed by atoms with E-state index in [0.29, 0.717) is 0 Å². The first kappa shape index (κ1) is 13.2. The van der Waals surface area contributed by atoms with Gasteiger partial charge in [-0.3, -0.25) is 4.79 Å². The number of rotatable bonds is 2. The molecule has 1 saturated heterocycles. The molecule has 3 N–H and O–H groups in total. The molecule has 1 atom stereocenters. The number of carbonyl (C=O) groups is 1. The minimum atomic E-state index is 0.00487. The monoisotopic (exact) mass is 256 g/mol. The van der Waals surface area contributed by atoms with E-state index >= 15 is 0 Å². The van der Waals surface area contributed by atoms with Crippen molar-refractivity contribution in [3.05, 3.63) is 0 Å². The Labute approximate surface area is 108 Å². The zero-order valence-electron chi connectivity index (χ0n) is 11.2. The lowest BCUT2D eigenvalue weighted by atomic mass is 9.48. The summed E-state index contributed by atoms with van der Waals surface area (Å²) in [5.74, 6) is 2.54. The average Bonchev–Trinajstić information content (AvgIpc) is 2.77. The third-order valence-electron chi connectivity index (χ3n) is 4.68. The van der Waals surface area contributed by atoms with Crippen LogP contribution in [-0.4, -0.2) is 29.5 Å². The van der Waals surface area contributed by atoms with E-state index in [2.05, 4.69) is 33.0 Å². The Hall–Kier alpha value is -0.220. The van der Waals surface area contributed by atoms with E-state index in [1.54, 1.807) is 0 Å². The molecule has 98 valence electrons. The first-order chi connectivity index (χ1) is 7.78. The fraction of sp³-hybridized carbons (Fsp3) is 0.923. The Balaban J connectivity index is 2.01. The van der Waals surface area contributed by atoms with Crippen molar-refractivity contribution >= 4 is 17.7 Å². The maximum absolute atomic E-state index is 12.2. The van der Waals surface area contributed by atoms with Crippen LogP contribution in [0.4, 0.5) is 0 Å². The van der Waals surface area contributed by atoms with Crippen molar-refractivity contribution < 1.29 is 4.79 Å². The van der Waals surface area contributed by atoms with Gasteiger partial charge < -0.3 is 11.1 Å². The van der Waals surface area contributed by atoms with Crippen LogP contribution in [0.1, 0.15) is 34.1 Å². The third-order valence-corrected chi connectivity index (χ3v) is 5.84. The molecule has 0 spiro atoms. The maximum atomic E-state index is 12.2. The summed E-state index contributed by atoms with van der Waals surface area (Å²) in [5, 5.41) is 3.24. The van der Waals surface area contributed by atoms with Gasteiger partial charge in [0.1, 0.15) is 0 Å². The summed E-state index contributed by atoms with van der Waals surface area (Å²) in [6.07, 6.45) is 1.02. The number of nitrogens with two attached hydrogens (primary N) is 1. The summed E-state index contributed by atoms with van der Waals surface area (Å²) in [6.45, 7) is 8.60. The summed E-state index contributed by atoms with van der Waals surface area (Å²) >= 11 is 1.88. The molecular formula is C13H24N2OS. The summed E-state index contributed by atoms with van der Waals surface area (Å²) in [4.78, 5) is 12.2. The molecule has 4 heteroatoms. The van der Waals surface area contributed by atoms with E-state index in [-0.39, 0.29) is 34.7 Å². The topological polar surface area (TPSA) is 55.1 Å². The number of hydrogen-bond donors (Lipinski definition) is 2. The highest BCUT2D eigenvalue weighted by molar-refractivity contribution is 7.99. The predicted molar refractivity (Wildman–Crippen MR) is 72.9 cm³/mol. The van der Waals surface area contributed by atoms with Crippen LogP contribution in [-0.2, 0) is 4.79 Å². The molecule has 1 saturated carbocycles. The lowest BCUT2D eigenvalue weighted by Crippen LogP contribution is -2.76. The summed E-state index contributed by atoms with van der Waals surface area (Å²) in [6, 6.07) is 0.348. The lowest BCUT2D eigenvalue weighted by molar-refractivity contribution is -0.135. The first-order valence-electron chi connectivity index (χ1n) is 6.41. The molecule has 0 aromatic heterocycles. The Morgan fingerprint density at radius 2 is 1.88 bits per heavy atom. The van der Waals surface area contributed by atoms with Crippen molar-refractivity contribution in [2.24, 2.45) is 22.5 Å². The van der Waals surface area contributed by atoms with Gasteiger partial charge in [-0.25, -0.2) is 0 Å². The molecule has 17 heavy (non-hydrogen) atoms. The van der Waals surface area contributed by atoms with Crippen LogP contribution < -0.4 is 11.1 Å². The molecule has 0 bridgehead atoms. The average molecular weight is 256 g/mol. The molecule has 1 amide bonds. The van der Waals surface area contributed by atoms with Gasteiger partial charge in [0.2, 0.25) is 5.91 Å². The van der Waals surface area contributed by atoms with Gasteiger partial charge in [0.15, 0.2) is 0 Å². The summed E-state index contributed by atoms with van der Waals surface area (Å²) in [5.41, 5.74) is 6.21. The van der Waals surface area contributed by atoms with Gasteiger partial charge in [-0.1, -0.05) is 27.7 Å². The number of carbonyl (C=O) groups excluding carboxylic acids is 1. The molecule has 1 heterocycles. The zero-order valence-corrected chi connectivity index (χ0v) is 12.1. The van der Waals surface area contributed by atoms with E-state index in [1.807, 2.05) is 11.8 Å². The van der Waals surface area contributed by atoms with Crippen LogP contribution in [0, 0.1) is 16.7 Å². The largest absolute Gasteiger partial charge is 0.352 e. The van der Waals surface area contributed by atoms with Gasteiger partial charge in [0.25, 0.3) is 0 Å². The Bertz CT molecular complexity index is 305. The van der Waals surface area contributed by atoms with E-state index in [0.717, 1.165) is 17.9 Å². The first-order valence-corrected chi connectivity index (χ1v) is 7.57. The molecular weight excluding hydrogens is 232 g/mol. The predicted octanol–water partition coefficient (Wildman–Crippen LogP) is 1.62. The highest BCUT2D eigenvalue weighted by Gasteiger charge is 2.60. The Kier molecular flexibility index (Phi) is 3.24. The molecule has 3 nitrogen and oxygen atoms in total. The second-order valence-electron chi connectivity index (χ2n) is 6.62. The van der Waals surface area contributed by atoms with Gasteiger partial charge in [-0.2, -0.15) is 11.8 Å². The molecule has 2 fully saturated rings.